The average molecular weight is 381 g/mol. The Morgan fingerprint density at radius 3 is 2.81 bits per heavy atom. The molecule has 5 heteroatoms. The van der Waals surface area contributed by atoms with E-state index in [1.807, 2.05) is 0 Å². The van der Waals surface area contributed by atoms with E-state index in [0.29, 0.717) is 12.6 Å². The van der Waals surface area contributed by atoms with Crippen molar-refractivity contribution >= 4 is 21.6 Å². The quantitative estimate of drug-likeness (QED) is 0.652. The summed E-state index contributed by atoms with van der Waals surface area (Å²) in [6, 6.07) is 20.0. The lowest BCUT2D eigenvalue weighted by Gasteiger charge is -2.35. The van der Waals surface area contributed by atoms with E-state index < -0.39 is 0 Å². The van der Waals surface area contributed by atoms with Crippen molar-refractivity contribution in [3.05, 3.63) is 65.9 Å². The Balaban J connectivity index is 1.45. The highest BCUT2D eigenvalue weighted by Gasteiger charge is 2.25. The van der Waals surface area contributed by atoms with Crippen molar-refractivity contribution in [1.29, 1.82) is 0 Å². The van der Waals surface area contributed by atoms with Crippen LogP contribution in [0.1, 0.15) is 36.6 Å². The van der Waals surface area contributed by atoms with Gasteiger partial charge in [0.1, 0.15) is 0 Å². The number of rotatable bonds is 7. The highest BCUT2D eigenvalue weighted by atomic mass is 32.1. The van der Waals surface area contributed by atoms with Crippen LogP contribution in [0.5, 0.6) is 0 Å². The Morgan fingerprint density at radius 2 is 1.96 bits per heavy atom. The fourth-order valence-corrected chi connectivity index (χ4v) is 4.92. The molecule has 2 aromatic carbocycles. The van der Waals surface area contributed by atoms with Crippen LogP contribution >= 0.6 is 11.5 Å². The van der Waals surface area contributed by atoms with E-state index in [2.05, 4.69) is 64.8 Å². The molecule has 1 aromatic heterocycles. The van der Waals surface area contributed by atoms with Gasteiger partial charge in [-0.2, -0.15) is 4.37 Å². The second kappa shape index (κ2) is 8.93. The predicted octanol–water partition coefficient (Wildman–Crippen LogP) is 3.94. The standard InChI is InChI=1S/C22H28N4S/c23-13-12-20(22-19-10-4-5-11-21(19)27-25-22)24-18-9-6-14-26(16-18)15-17-7-2-1-3-8-17/h1-5,7-8,10-11,18,20,24H,6,9,12-16,23H2. The van der Waals surface area contributed by atoms with E-state index >= 15 is 0 Å². The van der Waals surface area contributed by atoms with Crippen LogP contribution in [-0.2, 0) is 6.54 Å². The van der Waals surface area contributed by atoms with Gasteiger partial charge in [0.2, 0.25) is 0 Å². The first-order valence-electron chi connectivity index (χ1n) is 9.90. The third-order valence-electron chi connectivity index (χ3n) is 5.38. The van der Waals surface area contributed by atoms with Crippen LogP contribution < -0.4 is 11.1 Å². The van der Waals surface area contributed by atoms with E-state index in [1.165, 1.54) is 40.7 Å². The molecule has 1 fully saturated rings. The number of likely N-dealkylation sites (tertiary alicyclic amines) is 1. The highest BCUT2D eigenvalue weighted by molar-refractivity contribution is 7.13. The number of nitrogens with zero attached hydrogens (tertiary/aromatic N) is 2. The second-order valence-electron chi connectivity index (χ2n) is 7.42. The summed E-state index contributed by atoms with van der Waals surface area (Å²) < 4.78 is 6.03. The molecule has 0 saturated carbocycles. The molecule has 3 N–H and O–H groups in total. The van der Waals surface area contributed by atoms with Gasteiger partial charge in [0.25, 0.3) is 0 Å². The van der Waals surface area contributed by atoms with Crippen molar-refractivity contribution in [2.24, 2.45) is 5.73 Å². The molecule has 0 aliphatic carbocycles. The van der Waals surface area contributed by atoms with Gasteiger partial charge in [-0.05, 0) is 55.5 Å². The number of nitrogens with two attached hydrogens (primary N) is 1. The lowest BCUT2D eigenvalue weighted by atomic mass is 10.0. The Morgan fingerprint density at radius 1 is 1.15 bits per heavy atom. The molecule has 3 aromatic rings. The molecule has 4 nitrogen and oxygen atoms in total. The fourth-order valence-electron chi connectivity index (χ4n) is 4.08. The summed E-state index contributed by atoms with van der Waals surface area (Å²) in [5.74, 6) is 0. The smallest absolute Gasteiger partial charge is 0.0790 e. The Kier molecular flexibility index (Phi) is 6.14. The highest BCUT2D eigenvalue weighted by Crippen LogP contribution is 2.29. The molecule has 1 saturated heterocycles. The molecule has 2 unspecified atom stereocenters. The van der Waals surface area contributed by atoms with Gasteiger partial charge in [0, 0.05) is 24.5 Å². The predicted molar refractivity (Wildman–Crippen MR) is 114 cm³/mol. The lowest BCUT2D eigenvalue weighted by Crippen LogP contribution is -2.46. The summed E-state index contributed by atoms with van der Waals surface area (Å²) in [5.41, 5.74) is 8.50. The number of fused-ring (bicyclic) bond motifs is 1. The summed E-state index contributed by atoms with van der Waals surface area (Å²) in [4.78, 5) is 2.56. The zero-order valence-corrected chi connectivity index (χ0v) is 16.5. The van der Waals surface area contributed by atoms with Crippen LogP contribution in [0.15, 0.2) is 54.6 Å². The molecule has 27 heavy (non-hydrogen) atoms. The minimum absolute atomic E-state index is 0.229. The van der Waals surface area contributed by atoms with Crippen LogP contribution in [0.25, 0.3) is 10.1 Å². The maximum atomic E-state index is 5.94. The minimum atomic E-state index is 0.229. The third kappa shape index (κ3) is 4.55. The van der Waals surface area contributed by atoms with E-state index in [-0.39, 0.29) is 6.04 Å². The normalized spacial score (nSPS) is 19.4. The topological polar surface area (TPSA) is 54.2 Å². The number of nitrogens with one attached hydrogen (secondary N) is 1. The van der Waals surface area contributed by atoms with Gasteiger partial charge in [0.05, 0.1) is 16.4 Å². The maximum absolute atomic E-state index is 5.94. The number of benzene rings is 2. The molecule has 2 heterocycles. The maximum Gasteiger partial charge on any atom is 0.0790 e. The Bertz CT molecular complexity index is 848. The molecule has 2 atom stereocenters. The van der Waals surface area contributed by atoms with Gasteiger partial charge < -0.3 is 11.1 Å². The first kappa shape index (κ1) is 18.6. The number of hydrogen-bond donors (Lipinski definition) is 2. The van der Waals surface area contributed by atoms with E-state index in [0.717, 1.165) is 19.5 Å². The van der Waals surface area contributed by atoms with Crippen molar-refractivity contribution in [1.82, 2.24) is 14.6 Å². The molecule has 142 valence electrons. The summed E-state index contributed by atoms with van der Waals surface area (Å²) in [6.07, 6.45) is 3.37. The van der Waals surface area contributed by atoms with Gasteiger partial charge >= 0.3 is 0 Å². The lowest BCUT2D eigenvalue weighted by molar-refractivity contribution is 0.174. The van der Waals surface area contributed by atoms with Crippen LogP contribution in [0.4, 0.5) is 0 Å². The van der Waals surface area contributed by atoms with Crippen LogP contribution in [-0.4, -0.2) is 34.9 Å². The molecule has 0 radical (unpaired) electrons. The Labute approximate surface area is 165 Å². The van der Waals surface area contributed by atoms with Crippen molar-refractivity contribution in [2.75, 3.05) is 19.6 Å². The van der Waals surface area contributed by atoms with Crippen molar-refractivity contribution in [3.8, 4) is 0 Å². The first-order valence-corrected chi connectivity index (χ1v) is 10.7. The largest absolute Gasteiger partial charge is 0.330 e. The summed E-state index contributed by atoms with van der Waals surface area (Å²) in [7, 11) is 0. The number of hydrogen-bond acceptors (Lipinski definition) is 5. The summed E-state index contributed by atoms with van der Waals surface area (Å²) in [6.45, 7) is 3.95. The first-order chi connectivity index (χ1) is 13.3. The average Bonchev–Trinajstić information content (AvgIpc) is 3.13. The van der Waals surface area contributed by atoms with Crippen molar-refractivity contribution in [2.45, 2.75) is 37.9 Å². The zero-order valence-electron chi connectivity index (χ0n) is 15.7. The van der Waals surface area contributed by atoms with E-state index in [9.17, 15) is 0 Å². The van der Waals surface area contributed by atoms with Gasteiger partial charge in [-0.15, -0.1) is 0 Å². The van der Waals surface area contributed by atoms with Gasteiger partial charge in [-0.1, -0.05) is 48.5 Å². The van der Waals surface area contributed by atoms with Gasteiger partial charge in [-0.25, -0.2) is 0 Å². The van der Waals surface area contributed by atoms with Crippen LogP contribution in [0, 0.1) is 0 Å². The van der Waals surface area contributed by atoms with Crippen LogP contribution in [0.3, 0.4) is 0 Å². The molecule has 0 spiro atoms. The molecule has 1 aliphatic heterocycles. The number of piperidine rings is 1. The van der Waals surface area contributed by atoms with Gasteiger partial charge in [0.15, 0.2) is 0 Å². The summed E-state index contributed by atoms with van der Waals surface area (Å²) in [5, 5.41) is 5.16. The molecule has 1 aliphatic rings. The third-order valence-corrected chi connectivity index (χ3v) is 6.22. The van der Waals surface area contributed by atoms with E-state index in [1.54, 1.807) is 11.5 Å². The monoisotopic (exact) mass is 380 g/mol. The SMILES string of the molecule is NCCC(NC1CCCN(Cc2ccccc2)C1)c1nsc2ccccc12. The minimum Gasteiger partial charge on any atom is -0.330 e. The second-order valence-corrected chi connectivity index (χ2v) is 8.23. The fraction of sp³-hybridized carbons (Fsp3) is 0.409. The molecule has 0 amide bonds. The molecular weight excluding hydrogens is 352 g/mol. The Hall–Kier alpha value is -1.79. The van der Waals surface area contributed by atoms with Crippen LogP contribution in [0.2, 0.25) is 0 Å². The molecular formula is C22H28N4S. The zero-order chi connectivity index (χ0) is 18.5. The van der Waals surface area contributed by atoms with E-state index in [4.69, 9.17) is 10.1 Å². The number of aromatic nitrogens is 1. The summed E-state index contributed by atoms with van der Waals surface area (Å²) >= 11 is 1.59. The van der Waals surface area contributed by atoms with Crippen molar-refractivity contribution in [3.63, 3.8) is 0 Å². The van der Waals surface area contributed by atoms with Gasteiger partial charge in [-0.3, -0.25) is 4.90 Å². The molecule has 0 bridgehead atoms. The molecule has 4 rings (SSSR count). The van der Waals surface area contributed by atoms with Crippen molar-refractivity contribution < 1.29 is 0 Å².